The van der Waals surface area contributed by atoms with Gasteiger partial charge in [-0.05, 0) is 55.9 Å². The molecule has 2 amide bonds. The van der Waals surface area contributed by atoms with Crippen LogP contribution in [0.25, 0.3) is 0 Å². The maximum atomic E-state index is 12.5. The van der Waals surface area contributed by atoms with Gasteiger partial charge in [-0.15, -0.1) is 0 Å². The van der Waals surface area contributed by atoms with Crippen LogP contribution in [0.5, 0.6) is 0 Å². The zero-order chi connectivity index (χ0) is 19.0. The number of nitrogens with zero attached hydrogens (tertiary/aromatic N) is 1. The summed E-state index contributed by atoms with van der Waals surface area (Å²) in [6, 6.07) is 7.16. The number of carbonyl (C=O) groups is 2. The minimum atomic E-state index is -0.977. The number of benzene rings is 1. The summed E-state index contributed by atoms with van der Waals surface area (Å²) in [4.78, 5) is 25.2. The molecule has 27 heavy (non-hydrogen) atoms. The molecule has 2 aliphatic heterocycles. The van der Waals surface area contributed by atoms with Gasteiger partial charge in [-0.2, -0.15) is 0 Å². The topological polar surface area (TPSA) is 90.9 Å². The summed E-state index contributed by atoms with van der Waals surface area (Å²) in [5, 5.41) is 15.5. The highest BCUT2D eigenvalue weighted by Gasteiger charge is 2.45. The van der Waals surface area contributed by atoms with Crippen molar-refractivity contribution in [1.82, 2.24) is 10.2 Å². The average molecular weight is 373 g/mol. The second-order valence-corrected chi connectivity index (χ2v) is 8.18. The summed E-state index contributed by atoms with van der Waals surface area (Å²) in [6.07, 6.45) is 4.01. The minimum Gasteiger partial charge on any atom is -0.478 e. The Labute approximate surface area is 159 Å². The van der Waals surface area contributed by atoms with Crippen molar-refractivity contribution in [2.45, 2.75) is 50.3 Å². The predicted molar refractivity (Wildman–Crippen MR) is 101 cm³/mol. The Hall–Kier alpha value is -2.12. The number of amides is 2. The molecule has 0 bridgehead atoms. The van der Waals surface area contributed by atoms with Crippen molar-refractivity contribution < 1.29 is 19.4 Å². The van der Waals surface area contributed by atoms with Crippen LogP contribution in [0.1, 0.15) is 43.0 Å². The van der Waals surface area contributed by atoms with E-state index in [2.05, 4.69) is 17.6 Å². The fraction of sp³-hybridized carbons (Fsp3) is 0.600. The van der Waals surface area contributed by atoms with Crippen LogP contribution in [-0.2, 0) is 4.74 Å². The van der Waals surface area contributed by atoms with Crippen LogP contribution in [0.3, 0.4) is 0 Å². The molecule has 1 aromatic carbocycles. The first-order chi connectivity index (χ1) is 12.9. The van der Waals surface area contributed by atoms with Crippen molar-refractivity contribution >= 4 is 17.7 Å². The Morgan fingerprint density at radius 3 is 2.48 bits per heavy atom. The molecule has 1 saturated carbocycles. The van der Waals surface area contributed by atoms with Gasteiger partial charge < -0.3 is 25.4 Å². The Morgan fingerprint density at radius 2 is 1.89 bits per heavy atom. The number of anilines is 1. The first-order valence-electron chi connectivity index (χ1n) is 9.73. The second-order valence-electron chi connectivity index (χ2n) is 8.18. The van der Waals surface area contributed by atoms with Gasteiger partial charge in [-0.1, -0.05) is 6.92 Å². The third-order valence-electron chi connectivity index (χ3n) is 6.11. The van der Waals surface area contributed by atoms with E-state index in [1.165, 1.54) is 18.6 Å². The van der Waals surface area contributed by atoms with Crippen molar-refractivity contribution in [3.05, 3.63) is 29.8 Å². The molecule has 0 radical (unpaired) electrons. The zero-order valence-electron chi connectivity index (χ0n) is 15.6. The van der Waals surface area contributed by atoms with Gasteiger partial charge in [-0.3, -0.25) is 0 Å². The number of ether oxygens (including phenoxy) is 1. The van der Waals surface area contributed by atoms with Crippen LogP contribution in [0, 0.1) is 5.92 Å². The molecule has 7 heteroatoms. The van der Waals surface area contributed by atoms with Gasteiger partial charge in [0, 0.05) is 30.9 Å². The van der Waals surface area contributed by atoms with Gasteiger partial charge in [0.1, 0.15) is 0 Å². The molecular weight excluding hydrogens is 346 g/mol. The molecule has 146 valence electrons. The number of carboxylic acid groups (broad SMARTS) is 1. The van der Waals surface area contributed by atoms with Crippen molar-refractivity contribution in [2.24, 2.45) is 5.92 Å². The molecule has 1 spiro atoms. The highest BCUT2D eigenvalue weighted by atomic mass is 16.5. The van der Waals surface area contributed by atoms with Crippen molar-refractivity contribution in [3.63, 3.8) is 0 Å². The summed E-state index contributed by atoms with van der Waals surface area (Å²) in [5.41, 5.74) is 0.718. The second kappa shape index (κ2) is 7.13. The monoisotopic (exact) mass is 373 g/mol. The highest BCUT2D eigenvalue weighted by Crippen LogP contribution is 2.38. The number of carboxylic acids is 1. The molecule has 1 aliphatic carbocycles. The van der Waals surface area contributed by atoms with Crippen molar-refractivity contribution in [2.75, 3.05) is 25.0 Å². The van der Waals surface area contributed by atoms with E-state index < -0.39 is 5.97 Å². The fourth-order valence-corrected chi connectivity index (χ4v) is 4.17. The zero-order valence-corrected chi connectivity index (χ0v) is 15.6. The molecule has 3 fully saturated rings. The third-order valence-corrected chi connectivity index (χ3v) is 6.11. The largest absolute Gasteiger partial charge is 0.478 e. The van der Waals surface area contributed by atoms with Crippen LogP contribution in [0.4, 0.5) is 10.5 Å². The van der Waals surface area contributed by atoms with Gasteiger partial charge in [0.25, 0.3) is 0 Å². The highest BCUT2D eigenvalue weighted by molar-refractivity contribution is 5.91. The maximum Gasteiger partial charge on any atom is 0.335 e. The van der Waals surface area contributed by atoms with Crippen LogP contribution < -0.4 is 10.6 Å². The number of urea groups is 1. The maximum absolute atomic E-state index is 12.5. The smallest absolute Gasteiger partial charge is 0.335 e. The van der Waals surface area contributed by atoms with Gasteiger partial charge in [0.05, 0.1) is 17.8 Å². The number of hydrogen-bond acceptors (Lipinski definition) is 4. The van der Waals surface area contributed by atoms with E-state index in [0.29, 0.717) is 30.9 Å². The van der Waals surface area contributed by atoms with E-state index in [1.807, 2.05) is 4.90 Å². The predicted octanol–water partition coefficient (Wildman–Crippen LogP) is 2.54. The first kappa shape index (κ1) is 18.3. The van der Waals surface area contributed by atoms with E-state index >= 15 is 0 Å². The quantitative estimate of drug-likeness (QED) is 0.754. The molecular formula is C20H27N3O4. The fourth-order valence-electron chi connectivity index (χ4n) is 4.17. The van der Waals surface area contributed by atoms with Crippen LogP contribution in [0.15, 0.2) is 24.3 Å². The summed E-state index contributed by atoms with van der Waals surface area (Å²) in [5.74, 6) is -0.189. The van der Waals surface area contributed by atoms with Gasteiger partial charge in [0.15, 0.2) is 0 Å². The van der Waals surface area contributed by atoms with Crippen LogP contribution >= 0.6 is 0 Å². The molecule has 2 heterocycles. The summed E-state index contributed by atoms with van der Waals surface area (Å²) in [6.45, 7) is 4.39. The molecule has 3 atom stereocenters. The Morgan fingerprint density at radius 1 is 1.22 bits per heavy atom. The summed E-state index contributed by atoms with van der Waals surface area (Å²) >= 11 is 0. The summed E-state index contributed by atoms with van der Waals surface area (Å²) < 4.78 is 6.16. The average Bonchev–Trinajstić information content (AvgIpc) is 3.20. The Bertz CT molecular complexity index is 712. The van der Waals surface area contributed by atoms with Crippen LogP contribution in [-0.4, -0.2) is 59.4 Å². The lowest BCUT2D eigenvalue weighted by Crippen LogP contribution is -2.48. The lowest BCUT2D eigenvalue weighted by atomic mass is 9.87. The molecule has 2 saturated heterocycles. The van der Waals surface area contributed by atoms with Gasteiger partial charge >= 0.3 is 12.0 Å². The number of carbonyl (C=O) groups excluding carboxylic acids is 1. The molecule has 4 rings (SSSR count). The van der Waals surface area contributed by atoms with Crippen molar-refractivity contribution in [3.8, 4) is 0 Å². The lowest BCUT2D eigenvalue weighted by Gasteiger charge is -2.38. The molecule has 0 aromatic heterocycles. The minimum absolute atomic E-state index is 0.0876. The normalized spacial score (nSPS) is 28.9. The molecule has 3 N–H and O–H groups in total. The molecule has 1 aromatic rings. The van der Waals surface area contributed by atoms with Gasteiger partial charge in [-0.25, -0.2) is 9.59 Å². The van der Waals surface area contributed by atoms with E-state index in [4.69, 9.17) is 9.84 Å². The first-order valence-corrected chi connectivity index (χ1v) is 9.73. The van der Waals surface area contributed by atoms with Crippen LogP contribution in [0.2, 0.25) is 0 Å². The molecule has 7 nitrogen and oxygen atoms in total. The van der Waals surface area contributed by atoms with E-state index in [1.54, 1.807) is 12.1 Å². The Kier molecular flexibility index (Phi) is 4.82. The number of hydrogen-bond donors (Lipinski definition) is 3. The summed E-state index contributed by atoms with van der Waals surface area (Å²) in [7, 11) is 0. The number of nitrogens with one attached hydrogen (secondary N) is 2. The third kappa shape index (κ3) is 4.09. The SMILES string of the molecule is C[C@@H]1C[C@H]1NC1COC2(CCN(C(=O)Nc3ccc(C(=O)O)cc3)CC2)C1. The van der Waals surface area contributed by atoms with Gasteiger partial charge in [0.2, 0.25) is 0 Å². The van der Waals surface area contributed by atoms with E-state index in [-0.39, 0.29) is 17.2 Å². The molecule has 3 aliphatic rings. The number of rotatable bonds is 4. The number of likely N-dealkylation sites (tertiary alicyclic amines) is 1. The lowest BCUT2D eigenvalue weighted by molar-refractivity contribution is -0.0355. The van der Waals surface area contributed by atoms with E-state index in [0.717, 1.165) is 31.8 Å². The standard InChI is InChI=1S/C20H27N3O4/c1-13-10-17(13)21-16-11-20(27-12-16)6-8-23(9-7-20)19(26)22-15-4-2-14(3-5-15)18(24)25/h2-5,13,16-17,21H,6-12H2,1H3,(H,22,26)(H,24,25)/t13-,16?,17-/m1/s1. The number of piperidine rings is 1. The Balaban J connectivity index is 1.26. The number of aromatic carboxylic acids is 1. The molecule has 1 unspecified atom stereocenters. The van der Waals surface area contributed by atoms with Crippen molar-refractivity contribution in [1.29, 1.82) is 0 Å². The van der Waals surface area contributed by atoms with E-state index in [9.17, 15) is 9.59 Å².